The van der Waals surface area contributed by atoms with Gasteiger partial charge in [0, 0.05) is 24.7 Å². The Morgan fingerprint density at radius 3 is 1.02 bits per heavy atom. The second-order valence-electron chi connectivity index (χ2n) is 11.8. The Balaban J connectivity index is 1.50. The number of phenolic OH excluding ortho intramolecular Hbond substituents is 4. The summed E-state index contributed by atoms with van der Waals surface area (Å²) in [5.74, 6) is -7.83. The van der Waals surface area contributed by atoms with E-state index >= 15 is 0 Å². The van der Waals surface area contributed by atoms with Gasteiger partial charge in [-0.15, -0.1) is 0 Å². The van der Waals surface area contributed by atoms with Gasteiger partial charge in [-0.05, 0) is 70.8 Å². The molecule has 248 valence electrons. The molecule has 1 saturated carbocycles. The van der Waals surface area contributed by atoms with Gasteiger partial charge in [-0.1, -0.05) is 48.5 Å². The van der Waals surface area contributed by atoms with Gasteiger partial charge in [-0.3, -0.25) is 9.59 Å². The minimum atomic E-state index is -1.36. The molecule has 4 aromatic rings. The van der Waals surface area contributed by atoms with Crippen molar-refractivity contribution in [2.24, 2.45) is 11.8 Å². The van der Waals surface area contributed by atoms with Crippen LogP contribution in [0, 0.1) is 11.8 Å². The van der Waals surface area contributed by atoms with Crippen molar-refractivity contribution in [2.45, 2.75) is 36.8 Å². The minimum Gasteiger partial charge on any atom is -0.508 e. The van der Waals surface area contributed by atoms with Crippen molar-refractivity contribution in [1.29, 1.82) is 0 Å². The zero-order valence-corrected chi connectivity index (χ0v) is 25.4. The van der Waals surface area contributed by atoms with E-state index < -0.39 is 59.5 Å². The molecular formula is C36H34N2O10. The van der Waals surface area contributed by atoms with E-state index in [1.807, 2.05) is 0 Å². The summed E-state index contributed by atoms with van der Waals surface area (Å²) in [4.78, 5) is 52.8. The van der Waals surface area contributed by atoms with Gasteiger partial charge in [-0.25, -0.2) is 9.59 Å². The summed E-state index contributed by atoms with van der Waals surface area (Å²) >= 11 is 0. The molecule has 12 heteroatoms. The fraction of sp³-hybridized carbons (Fsp3) is 0.222. The maximum absolute atomic E-state index is 14.1. The number of nitrogens with one attached hydrogen (secondary N) is 2. The number of hydrogen-bond acceptors (Lipinski definition) is 8. The Hall–Kier alpha value is -6.04. The molecule has 1 fully saturated rings. The molecule has 0 aromatic heterocycles. The third kappa shape index (κ3) is 7.49. The van der Waals surface area contributed by atoms with Crippen LogP contribution in [0.1, 0.15) is 34.1 Å². The smallest absolute Gasteiger partial charge is 0.326 e. The van der Waals surface area contributed by atoms with Crippen LogP contribution in [0.3, 0.4) is 0 Å². The van der Waals surface area contributed by atoms with Crippen LogP contribution in [0.25, 0.3) is 0 Å². The van der Waals surface area contributed by atoms with Crippen LogP contribution in [0.15, 0.2) is 97.1 Å². The van der Waals surface area contributed by atoms with E-state index in [-0.39, 0.29) is 35.8 Å². The zero-order chi connectivity index (χ0) is 34.5. The highest BCUT2D eigenvalue weighted by Crippen LogP contribution is 2.58. The maximum atomic E-state index is 14.1. The number of phenols is 4. The fourth-order valence-electron chi connectivity index (χ4n) is 6.29. The molecule has 0 aliphatic heterocycles. The number of carbonyl (C=O) groups is 4. The van der Waals surface area contributed by atoms with E-state index in [2.05, 4.69) is 10.6 Å². The molecule has 2 amide bonds. The number of hydrogen-bond donors (Lipinski definition) is 8. The summed E-state index contributed by atoms with van der Waals surface area (Å²) in [7, 11) is 0. The van der Waals surface area contributed by atoms with Gasteiger partial charge >= 0.3 is 11.9 Å². The molecule has 0 bridgehead atoms. The van der Waals surface area contributed by atoms with Gasteiger partial charge in [0.25, 0.3) is 0 Å². The number of aliphatic carboxylic acids is 2. The Kier molecular flexibility index (Phi) is 9.83. The number of carbonyl (C=O) groups excluding carboxylic acids is 2. The van der Waals surface area contributed by atoms with Crippen molar-refractivity contribution in [3.63, 3.8) is 0 Å². The summed E-state index contributed by atoms with van der Waals surface area (Å²) in [6, 6.07) is 20.8. The molecule has 8 N–H and O–H groups in total. The van der Waals surface area contributed by atoms with Crippen molar-refractivity contribution in [3.8, 4) is 23.0 Å². The molecule has 0 saturated heterocycles. The third-order valence-electron chi connectivity index (χ3n) is 8.69. The molecule has 0 spiro atoms. The first kappa shape index (κ1) is 33.3. The molecule has 4 aromatic carbocycles. The minimum absolute atomic E-state index is 0.00451. The van der Waals surface area contributed by atoms with Crippen molar-refractivity contribution in [1.82, 2.24) is 10.6 Å². The number of amides is 2. The molecular weight excluding hydrogens is 620 g/mol. The maximum Gasteiger partial charge on any atom is 0.326 e. The fourth-order valence-corrected chi connectivity index (χ4v) is 6.29. The van der Waals surface area contributed by atoms with E-state index in [9.17, 15) is 49.8 Å². The van der Waals surface area contributed by atoms with Gasteiger partial charge in [0.15, 0.2) is 0 Å². The lowest BCUT2D eigenvalue weighted by atomic mass is 9.51. The van der Waals surface area contributed by atoms with Crippen LogP contribution in [0.5, 0.6) is 23.0 Å². The normalized spacial score (nSPS) is 19.7. The van der Waals surface area contributed by atoms with E-state index in [1.165, 1.54) is 72.8 Å². The zero-order valence-electron chi connectivity index (χ0n) is 25.4. The highest BCUT2D eigenvalue weighted by molar-refractivity contribution is 5.93. The quantitative estimate of drug-likeness (QED) is 0.112. The van der Waals surface area contributed by atoms with Gasteiger partial charge < -0.3 is 41.3 Å². The van der Waals surface area contributed by atoms with Crippen molar-refractivity contribution in [2.75, 3.05) is 0 Å². The van der Waals surface area contributed by atoms with Crippen LogP contribution in [-0.2, 0) is 32.0 Å². The average molecular weight is 655 g/mol. The van der Waals surface area contributed by atoms with E-state index in [4.69, 9.17) is 0 Å². The highest BCUT2D eigenvalue weighted by atomic mass is 16.4. The van der Waals surface area contributed by atoms with Gasteiger partial charge in [0.2, 0.25) is 11.8 Å². The lowest BCUT2D eigenvalue weighted by Gasteiger charge is -2.51. The SMILES string of the molecule is O=C(O)C(Cc1ccc(O)cc1)NC(=O)C1C(c2ccc(O)cc2)C(C(=O)NC(Cc2ccc(O)cc2)C(=O)O)C1c1ccc(O)cc1. The van der Waals surface area contributed by atoms with Crippen molar-refractivity contribution in [3.05, 3.63) is 119 Å². The largest absolute Gasteiger partial charge is 0.508 e. The summed E-state index contributed by atoms with van der Waals surface area (Å²) < 4.78 is 0. The van der Waals surface area contributed by atoms with Gasteiger partial charge in [0.1, 0.15) is 35.1 Å². The van der Waals surface area contributed by atoms with Gasteiger partial charge in [-0.2, -0.15) is 0 Å². The summed E-state index contributed by atoms with van der Waals surface area (Å²) in [5.41, 5.74) is 2.06. The Morgan fingerprint density at radius 1 is 0.479 bits per heavy atom. The van der Waals surface area contributed by atoms with Crippen LogP contribution in [0.4, 0.5) is 0 Å². The monoisotopic (exact) mass is 654 g/mol. The molecule has 0 radical (unpaired) electrons. The molecule has 5 rings (SSSR count). The summed E-state index contributed by atoms with van der Waals surface area (Å²) in [6.45, 7) is 0. The van der Waals surface area contributed by atoms with Crippen LogP contribution in [0.2, 0.25) is 0 Å². The Labute approximate surface area is 274 Å². The number of carboxylic acids is 2. The number of benzene rings is 4. The second kappa shape index (κ2) is 14.2. The lowest BCUT2D eigenvalue weighted by Crippen LogP contribution is -2.59. The van der Waals surface area contributed by atoms with Crippen molar-refractivity contribution < 1.29 is 49.8 Å². The van der Waals surface area contributed by atoms with Crippen LogP contribution in [-0.4, -0.2) is 66.5 Å². The standard InChI is InChI=1S/C36H34N2O10/c39-23-9-1-19(2-10-23)17-27(35(45)46)37-33(43)31-29(21-5-13-25(41)14-6-21)32(30(31)22-7-15-26(42)16-8-22)34(44)38-28(36(47)48)18-20-3-11-24(40)12-4-20/h1-16,27-32,39-42H,17-18H2,(H,37,43)(H,38,44)(H,45,46)(H,47,48). The van der Waals surface area contributed by atoms with E-state index in [0.29, 0.717) is 22.3 Å². The third-order valence-corrected chi connectivity index (χ3v) is 8.69. The molecule has 12 nitrogen and oxygen atoms in total. The number of rotatable bonds is 12. The second-order valence-corrected chi connectivity index (χ2v) is 11.8. The molecule has 1 aliphatic carbocycles. The van der Waals surface area contributed by atoms with Crippen molar-refractivity contribution >= 4 is 23.8 Å². The first-order valence-electron chi connectivity index (χ1n) is 15.1. The topological polar surface area (TPSA) is 214 Å². The Morgan fingerprint density at radius 2 is 0.750 bits per heavy atom. The highest BCUT2D eigenvalue weighted by Gasteiger charge is 2.58. The first-order chi connectivity index (χ1) is 22.9. The predicted octanol–water partition coefficient (Wildman–Crippen LogP) is 3.25. The first-order valence-corrected chi connectivity index (χ1v) is 15.1. The number of aromatic hydroxyl groups is 4. The molecule has 2 unspecified atom stereocenters. The van der Waals surface area contributed by atoms with Gasteiger partial charge in [0.05, 0.1) is 11.8 Å². The average Bonchev–Trinajstić information content (AvgIpc) is 3.03. The molecule has 1 aliphatic rings. The predicted molar refractivity (Wildman–Crippen MR) is 171 cm³/mol. The van der Waals surface area contributed by atoms with Crippen LogP contribution < -0.4 is 10.6 Å². The molecule has 0 heterocycles. The number of carboxylic acid groups (broad SMARTS) is 2. The van der Waals surface area contributed by atoms with Crippen LogP contribution >= 0.6 is 0 Å². The van der Waals surface area contributed by atoms with E-state index in [1.54, 1.807) is 24.3 Å². The molecule has 48 heavy (non-hydrogen) atoms. The Bertz CT molecular complexity index is 1630. The lowest BCUT2D eigenvalue weighted by molar-refractivity contribution is -0.148. The van der Waals surface area contributed by atoms with E-state index in [0.717, 1.165) is 0 Å². The molecule has 2 atom stereocenters. The summed E-state index contributed by atoms with van der Waals surface area (Å²) in [6.07, 6.45) is -0.188. The summed E-state index contributed by atoms with van der Waals surface area (Å²) in [5, 5.41) is 64.4.